The molecule has 5 rings (SSSR count). The lowest BCUT2D eigenvalue weighted by Crippen LogP contribution is -2.28. The molecule has 0 spiro atoms. The molecular formula is C28H31N3O4. The van der Waals surface area contributed by atoms with E-state index >= 15 is 0 Å². The Labute approximate surface area is 204 Å². The van der Waals surface area contributed by atoms with Crippen molar-refractivity contribution in [2.75, 3.05) is 13.2 Å². The van der Waals surface area contributed by atoms with E-state index in [4.69, 9.17) is 14.2 Å². The number of nitrogens with zero attached hydrogens (tertiary/aromatic N) is 3. The molecular weight excluding hydrogens is 442 g/mol. The largest absolute Gasteiger partial charge is 0.481 e. The standard InChI is InChI=1S/C28H31N3O4/c1-17-25(18(2)35-30-17)21-13-24-26(29-14-21)23(16-31(24)15-19-9-11-34-12-10-19)20-5-7-22(8-6-20)28(3,4)27(32)33/h5-8,13-14,16,19H,9-12,15H2,1-4H3,(H,32,33). The minimum absolute atomic E-state index is 0.550. The van der Waals surface area contributed by atoms with Crippen LogP contribution in [0.2, 0.25) is 0 Å². The molecule has 0 amide bonds. The minimum Gasteiger partial charge on any atom is -0.481 e. The van der Waals surface area contributed by atoms with Crippen LogP contribution in [0.15, 0.2) is 47.2 Å². The second-order valence-electron chi connectivity index (χ2n) is 10.0. The molecule has 0 bridgehead atoms. The molecule has 0 atom stereocenters. The van der Waals surface area contributed by atoms with Gasteiger partial charge in [-0.15, -0.1) is 0 Å². The van der Waals surface area contributed by atoms with Gasteiger partial charge >= 0.3 is 5.97 Å². The summed E-state index contributed by atoms with van der Waals surface area (Å²) < 4.78 is 13.3. The van der Waals surface area contributed by atoms with E-state index in [0.717, 1.165) is 82.9 Å². The molecule has 1 saturated heterocycles. The van der Waals surface area contributed by atoms with E-state index < -0.39 is 11.4 Å². The van der Waals surface area contributed by atoms with E-state index in [2.05, 4.69) is 22.0 Å². The van der Waals surface area contributed by atoms with Crippen molar-refractivity contribution in [2.45, 2.75) is 52.5 Å². The molecule has 7 heteroatoms. The first-order valence-electron chi connectivity index (χ1n) is 12.1. The zero-order valence-corrected chi connectivity index (χ0v) is 20.7. The molecule has 1 aromatic carbocycles. The van der Waals surface area contributed by atoms with Crippen molar-refractivity contribution in [3.63, 3.8) is 0 Å². The number of hydrogen-bond donors (Lipinski definition) is 1. The Bertz CT molecular complexity index is 1360. The van der Waals surface area contributed by atoms with Gasteiger partial charge in [-0.25, -0.2) is 0 Å². The maximum absolute atomic E-state index is 11.7. The summed E-state index contributed by atoms with van der Waals surface area (Å²) in [5.74, 6) is 0.489. The zero-order valence-electron chi connectivity index (χ0n) is 20.7. The molecule has 0 saturated carbocycles. The number of rotatable bonds is 6. The minimum atomic E-state index is -0.947. The SMILES string of the molecule is Cc1noc(C)c1-c1cnc2c(-c3ccc(C(C)(C)C(=O)O)cc3)cn(CC3CCOCC3)c2c1. The average Bonchev–Trinajstić information content (AvgIpc) is 3.38. The Morgan fingerprint density at radius 3 is 2.49 bits per heavy atom. The molecule has 1 aliphatic rings. The molecule has 1 fully saturated rings. The second-order valence-corrected chi connectivity index (χ2v) is 10.0. The number of aromatic nitrogens is 3. The molecule has 0 aliphatic carbocycles. The molecule has 35 heavy (non-hydrogen) atoms. The first-order chi connectivity index (χ1) is 16.8. The number of fused-ring (bicyclic) bond motifs is 1. The molecule has 7 nitrogen and oxygen atoms in total. The zero-order chi connectivity index (χ0) is 24.7. The smallest absolute Gasteiger partial charge is 0.313 e. The third-order valence-electron chi connectivity index (χ3n) is 7.29. The maximum atomic E-state index is 11.7. The Hall–Kier alpha value is -3.45. The predicted molar refractivity (Wildman–Crippen MR) is 134 cm³/mol. The molecule has 3 aromatic heterocycles. The number of hydrogen-bond acceptors (Lipinski definition) is 5. The highest BCUT2D eigenvalue weighted by molar-refractivity contribution is 5.95. The van der Waals surface area contributed by atoms with Gasteiger partial charge in [0.1, 0.15) is 5.76 Å². The number of aryl methyl sites for hydroxylation is 2. The van der Waals surface area contributed by atoms with Gasteiger partial charge in [-0.1, -0.05) is 29.4 Å². The monoisotopic (exact) mass is 473 g/mol. The Morgan fingerprint density at radius 1 is 1.14 bits per heavy atom. The first-order valence-corrected chi connectivity index (χ1v) is 12.1. The van der Waals surface area contributed by atoms with Crippen molar-refractivity contribution in [2.24, 2.45) is 5.92 Å². The number of carboxylic acids is 1. The summed E-state index contributed by atoms with van der Waals surface area (Å²) in [6.07, 6.45) is 6.16. The third-order valence-corrected chi connectivity index (χ3v) is 7.29. The van der Waals surface area contributed by atoms with Crippen LogP contribution >= 0.6 is 0 Å². The highest BCUT2D eigenvalue weighted by Gasteiger charge is 2.29. The molecule has 4 aromatic rings. The average molecular weight is 474 g/mol. The number of ether oxygens (including phenoxy) is 1. The summed E-state index contributed by atoms with van der Waals surface area (Å²) in [7, 11) is 0. The predicted octanol–water partition coefficient (Wildman–Crippen LogP) is 5.76. The summed E-state index contributed by atoms with van der Waals surface area (Å²) >= 11 is 0. The molecule has 4 heterocycles. The van der Waals surface area contributed by atoms with Crippen LogP contribution < -0.4 is 0 Å². The van der Waals surface area contributed by atoms with Crippen LogP contribution in [0, 0.1) is 19.8 Å². The lowest BCUT2D eigenvalue weighted by Gasteiger charge is -2.22. The van der Waals surface area contributed by atoms with Crippen molar-refractivity contribution in [1.82, 2.24) is 14.7 Å². The maximum Gasteiger partial charge on any atom is 0.313 e. The summed E-state index contributed by atoms with van der Waals surface area (Å²) in [5, 5.41) is 13.7. The fraction of sp³-hybridized carbons (Fsp3) is 0.393. The van der Waals surface area contributed by atoms with Gasteiger partial charge in [0, 0.05) is 48.8 Å². The van der Waals surface area contributed by atoms with Crippen LogP contribution in [0.1, 0.15) is 43.7 Å². The molecule has 0 unspecified atom stereocenters. The van der Waals surface area contributed by atoms with E-state index in [0.29, 0.717) is 5.92 Å². The van der Waals surface area contributed by atoms with Gasteiger partial charge in [0.05, 0.1) is 22.1 Å². The van der Waals surface area contributed by atoms with Gasteiger partial charge in [-0.3, -0.25) is 9.78 Å². The van der Waals surface area contributed by atoms with Crippen LogP contribution in [0.5, 0.6) is 0 Å². The molecule has 1 aliphatic heterocycles. The number of pyridine rings is 1. The van der Waals surface area contributed by atoms with Crippen LogP contribution in [-0.2, 0) is 21.5 Å². The molecule has 182 valence electrons. The summed E-state index contributed by atoms with van der Waals surface area (Å²) in [6, 6.07) is 9.99. The van der Waals surface area contributed by atoms with Crippen LogP contribution in [-0.4, -0.2) is 39.0 Å². The highest BCUT2D eigenvalue weighted by atomic mass is 16.5. The van der Waals surface area contributed by atoms with Crippen molar-refractivity contribution in [3.05, 3.63) is 59.7 Å². The number of carboxylic acid groups (broad SMARTS) is 1. The van der Waals surface area contributed by atoms with Gasteiger partial charge in [0.25, 0.3) is 0 Å². The van der Waals surface area contributed by atoms with E-state index in [-0.39, 0.29) is 0 Å². The number of aliphatic carboxylic acids is 1. The van der Waals surface area contributed by atoms with Crippen molar-refractivity contribution in [3.8, 4) is 22.3 Å². The lowest BCUT2D eigenvalue weighted by molar-refractivity contribution is -0.142. The van der Waals surface area contributed by atoms with Crippen molar-refractivity contribution in [1.29, 1.82) is 0 Å². The van der Waals surface area contributed by atoms with E-state index in [1.165, 1.54) is 0 Å². The normalized spacial score (nSPS) is 15.1. The van der Waals surface area contributed by atoms with Crippen LogP contribution in [0.25, 0.3) is 33.3 Å². The van der Waals surface area contributed by atoms with Gasteiger partial charge in [-0.05, 0) is 63.6 Å². The van der Waals surface area contributed by atoms with Crippen molar-refractivity contribution < 1.29 is 19.2 Å². The second kappa shape index (κ2) is 8.96. The van der Waals surface area contributed by atoms with E-state index in [1.54, 1.807) is 13.8 Å². The Balaban J connectivity index is 1.60. The molecule has 0 radical (unpaired) electrons. The summed E-state index contributed by atoms with van der Waals surface area (Å²) in [4.78, 5) is 16.6. The molecule has 1 N–H and O–H groups in total. The fourth-order valence-corrected chi connectivity index (χ4v) is 4.96. The Kier molecular flexibility index (Phi) is 5.97. The van der Waals surface area contributed by atoms with Gasteiger partial charge < -0.3 is 18.9 Å². The van der Waals surface area contributed by atoms with Gasteiger partial charge in [-0.2, -0.15) is 0 Å². The quantitative estimate of drug-likeness (QED) is 0.383. The lowest BCUT2D eigenvalue weighted by atomic mass is 9.84. The Morgan fingerprint density at radius 2 is 1.86 bits per heavy atom. The summed E-state index contributed by atoms with van der Waals surface area (Å²) in [6.45, 7) is 9.83. The van der Waals surface area contributed by atoms with E-state index in [9.17, 15) is 9.90 Å². The van der Waals surface area contributed by atoms with Gasteiger partial charge in [0.15, 0.2) is 0 Å². The fourth-order valence-electron chi connectivity index (χ4n) is 4.96. The van der Waals surface area contributed by atoms with E-state index in [1.807, 2.05) is 44.3 Å². The highest BCUT2D eigenvalue weighted by Crippen LogP contribution is 2.36. The van der Waals surface area contributed by atoms with Crippen LogP contribution in [0.4, 0.5) is 0 Å². The number of benzene rings is 1. The van der Waals surface area contributed by atoms with Gasteiger partial charge in [0.2, 0.25) is 0 Å². The summed E-state index contributed by atoms with van der Waals surface area (Å²) in [5.41, 5.74) is 6.70. The number of carbonyl (C=O) groups is 1. The van der Waals surface area contributed by atoms with Crippen LogP contribution in [0.3, 0.4) is 0 Å². The topological polar surface area (TPSA) is 90.4 Å². The first kappa shape index (κ1) is 23.3. The van der Waals surface area contributed by atoms with Crippen molar-refractivity contribution >= 4 is 17.0 Å². The third kappa shape index (κ3) is 4.25.